The highest BCUT2D eigenvalue weighted by Crippen LogP contribution is 1.95. The summed E-state index contributed by atoms with van der Waals surface area (Å²) in [6, 6.07) is 10.7. The highest BCUT2D eigenvalue weighted by molar-refractivity contribution is 5.13. The molecule has 1 fully saturated rings. The lowest BCUT2D eigenvalue weighted by atomic mass is 10.2. The molecule has 21 heavy (non-hydrogen) atoms. The van der Waals surface area contributed by atoms with Gasteiger partial charge in [-0.25, -0.2) is 0 Å². The molecule has 1 saturated heterocycles. The van der Waals surface area contributed by atoms with E-state index in [2.05, 4.69) is 30.3 Å². The van der Waals surface area contributed by atoms with Crippen molar-refractivity contribution in [3.8, 4) is 0 Å². The Morgan fingerprint density at radius 2 is 1.67 bits per heavy atom. The van der Waals surface area contributed by atoms with Crippen LogP contribution in [0.5, 0.6) is 0 Å². The van der Waals surface area contributed by atoms with Crippen LogP contribution in [0.4, 0.5) is 0 Å². The van der Waals surface area contributed by atoms with Gasteiger partial charge >= 0.3 is 0 Å². The maximum Gasteiger partial charge on any atom is 0.127 e. The molecule has 1 aliphatic rings. The van der Waals surface area contributed by atoms with E-state index in [0.717, 1.165) is 26.2 Å². The predicted octanol–water partition coefficient (Wildman–Crippen LogP) is -1.24. The summed E-state index contributed by atoms with van der Waals surface area (Å²) in [6.45, 7) is 11.0. The predicted molar refractivity (Wildman–Crippen MR) is 83.5 cm³/mol. The molecule has 1 heterocycles. The van der Waals surface area contributed by atoms with Crippen LogP contribution in [0.15, 0.2) is 30.3 Å². The van der Waals surface area contributed by atoms with Gasteiger partial charge in [0.25, 0.3) is 0 Å². The zero-order valence-corrected chi connectivity index (χ0v) is 13.3. The molecule has 0 unspecified atom stereocenters. The fourth-order valence-corrected chi connectivity index (χ4v) is 2.92. The summed E-state index contributed by atoms with van der Waals surface area (Å²) in [5.41, 5.74) is 1.42. The van der Waals surface area contributed by atoms with Crippen molar-refractivity contribution in [1.82, 2.24) is 0 Å². The average Bonchev–Trinajstić information content (AvgIpc) is 2.48. The van der Waals surface area contributed by atoms with Gasteiger partial charge in [-0.05, 0) is 13.8 Å². The SMILES string of the molecule is CC(C)OC[C@H](O)C[NH+]1CC[NH+](Cc2ccccc2)CC1. The van der Waals surface area contributed by atoms with Crippen LogP contribution in [0.3, 0.4) is 0 Å². The van der Waals surface area contributed by atoms with Crippen molar-refractivity contribution in [2.45, 2.75) is 32.6 Å². The summed E-state index contributed by atoms with van der Waals surface area (Å²) in [5.74, 6) is 0. The molecule has 0 amide bonds. The van der Waals surface area contributed by atoms with E-state index in [1.807, 2.05) is 13.8 Å². The summed E-state index contributed by atoms with van der Waals surface area (Å²) in [6.07, 6.45) is -0.139. The Hall–Kier alpha value is -0.940. The second-order valence-corrected chi connectivity index (χ2v) is 6.40. The Morgan fingerprint density at radius 3 is 2.29 bits per heavy atom. The van der Waals surface area contributed by atoms with Crippen molar-refractivity contribution in [2.24, 2.45) is 0 Å². The molecule has 118 valence electrons. The lowest BCUT2D eigenvalue weighted by Crippen LogP contribution is -3.28. The van der Waals surface area contributed by atoms with Crippen LogP contribution in [0.1, 0.15) is 19.4 Å². The van der Waals surface area contributed by atoms with Crippen LogP contribution >= 0.6 is 0 Å². The molecule has 0 saturated carbocycles. The molecule has 3 N–H and O–H groups in total. The van der Waals surface area contributed by atoms with Gasteiger partial charge in [0.15, 0.2) is 0 Å². The first-order valence-corrected chi connectivity index (χ1v) is 8.14. The third-order valence-corrected chi connectivity index (χ3v) is 4.11. The number of hydrogen-bond acceptors (Lipinski definition) is 2. The number of nitrogens with one attached hydrogen (secondary N) is 2. The molecule has 1 aliphatic heterocycles. The Morgan fingerprint density at radius 1 is 1.05 bits per heavy atom. The van der Waals surface area contributed by atoms with Crippen molar-refractivity contribution >= 4 is 0 Å². The Balaban J connectivity index is 1.66. The van der Waals surface area contributed by atoms with E-state index in [0.29, 0.717) is 6.61 Å². The average molecular weight is 294 g/mol. The van der Waals surface area contributed by atoms with E-state index in [4.69, 9.17) is 4.74 Å². The van der Waals surface area contributed by atoms with Gasteiger partial charge in [-0.3, -0.25) is 0 Å². The van der Waals surface area contributed by atoms with Gasteiger partial charge in [0.1, 0.15) is 45.4 Å². The molecular formula is C17H30N2O2+2. The van der Waals surface area contributed by atoms with Crippen LogP contribution in [0, 0.1) is 0 Å². The van der Waals surface area contributed by atoms with E-state index in [-0.39, 0.29) is 12.2 Å². The van der Waals surface area contributed by atoms with Crippen LogP contribution in [0.25, 0.3) is 0 Å². The number of quaternary nitrogens is 2. The Labute approximate surface area is 128 Å². The molecule has 1 aromatic carbocycles. The lowest BCUT2D eigenvalue weighted by Gasteiger charge is -2.30. The van der Waals surface area contributed by atoms with Crippen molar-refractivity contribution < 1.29 is 19.6 Å². The molecule has 4 heteroatoms. The molecule has 0 aliphatic carbocycles. The first kappa shape index (κ1) is 16.4. The third-order valence-electron chi connectivity index (χ3n) is 4.11. The number of aliphatic hydroxyl groups excluding tert-OH is 1. The lowest BCUT2D eigenvalue weighted by molar-refractivity contribution is -1.02. The van der Waals surface area contributed by atoms with E-state index in [1.165, 1.54) is 23.6 Å². The Bertz CT molecular complexity index is 389. The third kappa shape index (κ3) is 6.14. The fourth-order valence-electron chi connectivity index (χ4n) is 2.92. The van der Waals surface area contributed by atoms with E-state index >= 15 is 0 Å². The zero-order chi connectivity index (χ0) is 15.1. The number of ether oxygens (including phenoxy) is 1. The Kier molecular flexibility index (Phi) is 6.64. The molecule has 0 aromatic heterocycles. The monoisotopic (exact) mass is 294 g/mol. The molecule has 1 atom stereocenters. The molecule has 0 radical (unpaired) electrons. The van der Waals surface area contributed by atoms with Gasteiger partial charge < -0.3 is 19.6 Å². The number of aliphatic hydroxyl groups is 1. The van der Waals surface area contributed by atoms with E-state index < -0.39 is 0 Å². The minimum Gasteiger partial charge on any atom is -0.385 e. The van der Waals surface area contributed by atoms with Crippen molar-refractivity contribution in [1.29, 1.82) is 0 Å². The summed E-state index contributed by atoms with van der Waals surface area (Å²) < 4.78 is 5.48. The molecule has 2 rings (SSSR count). The quantitative estimate of drug-likeness (QED) is 0.588. The van der Waals surface area contributed by atoms with Crippen molar-refractivity contribution in [3.05, 3.63) is 35.9 Å². The largest absolute Gasteiger partial charge is 0.385 e. The zero-order valence-electron chi connectivity index (χ0n) is 13.3. The molecular weight excluding hydrogens is 264 g/mol. The van der Waals surface area contributed by atoms with Gasteiger partial charge in [-0.2, -0.15) is 0 Å². The highest BCUT2D eigenvalue weighted by atomic mass is 16.5. The van der Waals surface area contributed by atoms with Crippen LogP contribution in [-0.2, 0) is 11.3 Å². The van der Waals surface area contributed by atoms with Gasteiger partial charge in [0.2, 0.25) is 0 Å². The summed E-state index contributed by atoms with van der Waals surface area (Å²) >= 11 is 0. The first-order valence-electron chi connectivity index (χ1n) is 8.14. The smallest absolute Gasteiger partial charge is 0.127 e. The van der Waals surface area contributed by atoms with E-state index in [1.54, 1.807) is 4.90 Å². The molecule has 0 spiro atoms. The molecule has 1 aromatic rings. The van der Waals surface area contributed by atoms with Gasteiger partial charge in [0, 0.05) is 5.56 Å². The first-order chi connectivity index (χ1) is 10.1. The maximum atomic E-state index is 10.00. The second-order valence-electron chi connectivity index (χ2n) is 6.40. The maximum absolute atomic E-state index is 10.00. The summed E-state index contributed by atoms with van der Waals surface area (Å²) in [7, 11) is 0. The van der Waals surface area contributed by atoms with Crippen molar-refractivity contribution in [3.63, 3.8) is 0 Å². The van der Waals surface area contributed by atoms with E-state index in [9.17, 15) is 5.11 Å². The fraction of sp³-hybridized carbons (Fsp3) is 0.647. The van der Waals surface area contributed by atoms with Crippen molar-refractivity contribution in [2.75, 3.05) is 39.3 Å². The van der Waals surface area contributed by atoms with Crippen LogP contribution in [-0.4, -0.2) is 56.6 Å². The number of rotatable bonds is 7. The summed E-state index contributed by atoms with van der Waals surface area (Å²) in [5, 5.41) is 10.00. The number of piperazine rings is 1. The minimum absolute atomic E-state index is 0.196. The summed E-state index contributed by atoms with van der Waals surface area (Å²) in [4.78, 5) is 3.16. The van der Waals surface area contributed by atoms with Gasteiger partial charge in [-0.15, -0.1) is 0 Å². The molecule has 0 bridgehead atoms. The number of benzene rings is 1. The van der Waals surface area contributed by atoms with Gasteiger partial charge in [0.05, 0.1) is 12.7 Å². The second kappa shape index (κ2) is 8.49. The standard InChI is InChI=1S/C17H28N2O2/c1-15(2)21-14-17(20)13-19-10-8-18(9-11-19)12-16-6-4-3-5-7-16/h3-7,15,17,20H,8-14H2,1-2H3/p+2/t17-/m1/s1. The van der Waals surface area contributed by atoms with Crippen LogP contribution in [0.2, 0.25) is 0 Å². The van der Waals surface area contributed by atoms with Crippen LogP contribution < -0.4 is 9.80 Å². The topological polar surface area (TPSA) is 38.3 Å². The number of hydrogen-bond donors (Lipinski definition) is 3. The minimum atomic E-state index is -0.335. The highest BCUT2D eigenvalue weighted by Gasteiger charge is 2.25. The molecule has 4 nitrogen and oxygen atoms in total. The van der Waals surface area contributed by atoms with Gasteiger partial charge in [-0.1, -0.05) is 30.3 Å². The normalized spacial score (nSPS) is 24.2.